The Morgan fingerprint density at radius 1 is 1.50 bits per heavy atom. The second-order valence-electron chi connectivity index (χ2n) is 3.12. The maximum absolute atomic E-state index is 12.2. The number of ether oxygens (including phenoxy) is 2. The van der Waals surface area contributed by atoms with Crippen molar-refractivity contribution in [2.75, 3.05) is 7.11 Å². The van der Waals surface area contributed by atoms with E-state index in [1.54, 1.807) is 0 Å². The average Bonchev–Trinajstić information content (AvgIpc) is 2.28. The van der Waals surface area contributed by atoms with Gasteiger partial charge in [0.2, 0.25) is 0 Å². The molecule has 1 aromatic rings. The number of rotatable bonds is 4. The number of hydrogen-bond donors (Lipinski definition) is 0. The van der Waals surface area contributed by atoms with Gasteiger partial charge in [-0.2, -0.15) is 5.26 Å². The fourth-order valence-electron chi connectivity index (χ4n) is 1.24. The van der Waals surface area contributed by atoms with Crippen molar-refractivity contribution in [2.45, 2.75) is 18.1 Å². The molecule has 1 rings (SSSR count). The first kappa shape index (κ1) is 14.6. The van der Waals surface area contributed by atoms with Crippen molar-refractivity contribution >= 4 is 15.9 Å². The molecule has 0 aliphatic heterocycles. The lowest BCUT2D eigenvalue weighted by molar-refractivity contribution is -0.275. The third kappa shape index (κ3) is 3.77. The van der Waals surface area contributed by atoms with Gasteiger partial charge in [0.25, 0.3) is 5.88 Å². The first-order valence-corrected chi connectivity index (χ1v) is 5.79. The monoisotopic (exact) mass is 324 g/mol. The SMILES string of the molecule is COc1nc(CC#N)c(CBr)cc1OC(F)(F)F. The third-order valence-corrected chi connectivity index (χ3v) is 2.54. The molecule has 4 nitrogen and oxygen atoms in total. The van der Waals surface area contributed by atoms with E-state index in [1.165, 1.54) is 7.11 Å². The minimum Gasteiger partial charge on any atom is -0.478 e. The minimum absolute atomic E-state index is 0.0242. The van der Waals surface area contributed by atoms with Gasteiger partial charge in [0, 0.05) is 5.33 Å². The number of alkyl halides is 4. The van der Waals surface area contributed by atoms with Gasteiger partial charge in [-0.15, -0.1) is 13.2 Å². The summed E-state index contributed by atoms with van der Waals surface area (Å²) in [5, 5.41) is 8.86. The van der Waals surface area contributed by atoms with Crippen LogP contribution in [0.2, 0.25) is 0 Å². The molecule has 0 spiro atoms. The topological polar surface area (TPSA) is 55.1 Å². The highest BCUT2D eigenvalue weighted by Crippen LogP contribution is 2.33. The largest absolute Gasteiger partial charge is 0.573 e. The summed E-state index contributed by atoms with van der Waals surface area (Å²) in [4.78, 5) is 3.84. The predicted molar refractivity (Wildman–Crippen MR) is 59.4 cm³/mol. The van der Waals surface area contributed by atoms with Crippen molar-refractivity contribution in [3.05, 3.63) is 17.3 Å². The van der Waals surface area contributed by atoms with Gasteiger partial charge in [-0.3, -0.25) is 0 Å². The van der Waals surface area contributed by atoms with Crippen LogP contribution < -0.4 is 9.47 Å². The lowest BCUT2D eigenvalue weighted by Gasteiger charge is -2.14. The van der Waals surface area contributed by atoms with Gasteiger partial charge >= 0.3 is 6.36 Å². The fraction of sp³-hybridized carbons (Fsp3) is 0.400. The van der Waals surface area contributed by atoms with E-state index >= 15 is 0 Å². The molecule has 8 heteroatoms. The highest BCUT2D eigenvalue weighted by Gasteiger charge is 2.33. The predicted octanol–water partition coefficient (Wildman–Crippen LogP) is 2.95. The summed E-state index contributed by atoms with van der Waals surface area (Å²) >= 11 is 3.11. The van der Waals surface area contributed by atoms with E-state index in [4.69, 9.17) is 10.00 Å². The maximum Gasteiger partial charge on any atom is 0.573 e. The summed E-state index contributed by atoms with van der Waals surface area (Å²) in [7, 11) is 1.18. The fourth-order valence-corrected chi connectivity index (χ4v) is 1.73. The highest BCUT2D eigenvalue weighted by atomic mass is 79.9. The summed E-state index contributed by atoms with van der Waals surface area (Å²) in [5.41, 5.74) is 0.789. The van der Waals surface area contributed by atoms with Crippen LogP contribution in [0.25, 0.3) is 0 Å². The van der Waals surface area contributed by atoms with E-state index in [9.17, 15) is 13.2 Å². The standard InChI is InChI=1S/C10H8BrF3N2O2/c1-17-9-8(18-10(12,13)14)4-6(5-11)7(16-9)2-3-15/h4H,2,5H2,1H3. The van der Waals surface area contributed by atoms with Crippen LogP contribution >= 0.6 is 15.9 Å². The van der Waals surface area contributed by atoms with Crippen LogP contribution in [0, 0.1) is 11.3 Å². The molecule has 98 valence electrons. The molecule has 0 saturated heterocycles. The number of methoxy groups -OCH3 is 1. The Labute approximate surface area is 109 Å². The molecule has 0 fully saturated rings. The summed E-state index contributed by atoms with van der Waals surface area (Å²) in [5.74, 6) is -0.830. The number of hydrogen-bond acceptors (Lipinski definition) is 4. The molecular weight excluding hydrogens is 317 g/mol. The first-order chi connectivity index (χ1) is 8.41. The molecule has 18 heavy (non-hydrogen) atoms. The molecule has 0 aliphatic carbocycles. The molecule has 0 bridgehead atoms. The van der Waals surface area contributed by atoms with Crippen molar-refractivity contribution in [3.8, 4) is 17.7 Å². The number of halogens is 4. The number of pyridine rings is 1. The summed E-state index contributed by atoms with van der Waals surface area (Å²) in [6, 6.07) is 3.03. The van der Waals surface area contributed by atoms with E-state index in [1.807, 2.05) is 6.07 Å². The molecule has 0 saturated carbocycles. The zero-order chi connectivity index (χ0) is 13.8. The maximum atomic E-state index is 12.2. The number of nitrogens with zero attached hydrogens (tertiary/aromatic N) is 2. The molecule has 1 aromatic heterocycles. The zero-order valence-corrected chi connectivity index (χ0v) is 10.8. The van der Waals surface area contributed by atoms with E-state index in [0.29, 0.717) is 11.3 Å². The Bertz CT molecular complexity index is 471. The molecular formula is C10H8BrF3N2O2. The van der Waals surface area contributed by atoms with E-state index < -0.39 is 12.1 Å². The van der Waals surface area contributed by atoms with Gasteiger partial charge in [0.1, 0.15) is 0 Å². The van der Waals surface area contributed by atoms with E-state index in [0.717, 1.165) is 6.07 Å². The van der Waals surface area contributed by atoms with Crippen LogP contribution in [-0.2, 0) is 11.8 Å². The molecule has 0 amide bonds. The van der Waals surface area contributed by atoms with Gasteiger partial charge in [-0.1, -0.05) is 15.9 Å². The summed E-state index contributed by atoms with van der Waals surface area (Å²) < 4.78 is 45.0. The lowest BCUT2D eigenvalue weighted by atomic mass is 10.1. The van der Waals surface area contributed by atoms with Crippen LogP contribution in [0.3, 0.4) is 0 Å². The normalized spacial score (nSPS) is 10.9. The van der Waals surface area contributed by atoms with Gasteiger partial charge in [-0.25, -0.2) is 4.98 Å². The summed E-state index contributed by atoms with van der Waals surface area (Å²) in [6.45, 7) is 0. The average molecular weight is 325 g/mol. The number of aromatic nitrogens is 1. The van der Waals surface area contributed by atoms with Crippen LogP contribution in [0.1, 0.15) is 11.3 Å². The molecule has 0 radical (unpaired) electrons. The Hall–Kier alpha value is -1.49. The summed E-state index contributed by atoms with van der Waals surface area (Å²) in [6.07, 6.45) is -4.85. The minimum atomic E-state index is -4.82. The van der Waals surface area contributed by atoms with Gasteiger partial charge in [0.05, 0.1) is 25.3 Å². The Kier molecular flexibility index (Phi) is 4.78. The lowest BCUT2D eigenvalue weighted by Crippen LogP contribution is -2.18. The number of nitriles is 1. The first-order valence-electron chi connectivity index (χ1n) is 4.66. The second-order valence-corrected chi connectivity index (χ2v) is 3.68. The molecule has 0 aliphatic rings. The van der Waals surface area contributed by atoms with Crippen molar-refractivity contribution < 1.29 is 22.6 Å². The molecule has 1 heterocycles. The Morgan fingerprint density at radius 3 is 2.61 bits per heavy atom. The quantitative estimate of drug-likeness (QED) is 0.799. The Balaban J connectivity index is 3.22. The van der Waals surface area contributed by atoms with E-state index in [2.05, 4.69) is 25.7 Å². The van der Waals surface area contributed by atoms with Crippen molar-refractivity contribution in [1.82, 2.24) is 4.98 Å². The third-order valence-electron chi connectivity index (χ3n) is 1.93. The molecule has 0 aromatic carbocycles. The molecule has 0 unspecified atom stereocenters. The van der Waals surface area contributed by atoms with Crippen LogP contribution in [0.5, 0.6) is 11.6 Å². The van der Waals surface area contributed by atoms with Crippen molar-refractivity contribution in [2.24, 2.45) is 0 Å². The Morgan fingerprint density at radius 2 is 2.17 bits per heavy atom. The van der Waals surface area contributed by atoms with Crippen molar-refractivity contribution in [3.63, 3.8) is 0 Å². The van der Waals surface area contributed by atoms with Gasteiger partial charge < -0.3 is 9.47 Å². The van der Waals surface area contributed by atoms with Crippen LogP contribution in [0.4, 0.5) is 13.2 Å². The van der Waals surface area contributed by atoms with Crippen LogP contribution in [0.15, 0.2) is 6.07 Å². The smallest absolute Gasteiger partial charge is 0.478 e. The van der Waals surface area contributed by atoms with Gasteiger partial charge in [-0.05, 0) is 11.6 Å². The van der Waals surface area contributed by atoms with E-state index in [-0.39, 0.29) is 17.6 Å². The second kappa shape index (κ2) is 5.91. The van der Waals surface area contributed by atoms with Crippen molar-refractivity contribution in [1.29, 1.82) is 5.26 Å². The van der Waals surface area contributed by atoms with Gasteiger partial charge in [0.15, 0.2) is 5.75 Å². The highest BCUT2D eigenvalue weighted by molar-refractivity contribution is 9.08. The zero-order valence-electron chi connectivity index (χ0n) is 9.21. The molecule has 0 atom stereocenters. The van der Waals surface area contributed by atoms with Crippen LogP contribution in [-0.4, -0.2) is 18.5 Å². The molecule has 0 N–H and O–H groups in total.